The predicted molar refractivity (Wildman–Crippen MR) is 84.8 cm³/mol. The smallest absolute Gasteiger partial charge is 0.0649 e. The molecule has 0 spiro atoms. The maximum atomic E-state index is 4.75. The lowest BCUT2D eigenvalue weighted by atomic mass is 9.94. The highest BCUT2D eigenvalue weighted by atomic mass is 15.3. The van der Waals surface area contributed by atoms with Gasteiger partial charge in [-0.15, -0.1) is 0 Å². The number of para-hydroxylation sites is 1. The van der Waals surface area contributed by atoms with E-state index < -0.39 is 0 Å². The van der Waals surface area contributed by atoms with Crippen LogP contribution in [0, 0.1) is 0 Å². The van der Waals surface area contributed by atoms with Gasteiger partial charge in [-0.2, -0.15) is 5.10 Å². The molecular weight excluding hydrogens is 258 g/mol. The van der Waals surface area contributed by atoms with Crippen molar-refractivity contribution in [3.05, 3.63) is 47.8 Å². The van der Waals surface area contributed by atoms with Crippen LogP contribution < -0.4 is 5.32 Å². The Morgan fingerprint density at radius 3 is 2.52 bits per heavy atom. The molecular formula is C18H23N3. The lowest BCUT2D eigenvalue weighted by Gasteiger charge is -2.18. The Morgan fingerprint density at radius 1 is 1.00 bits per heavy atom. The van der Waals surface area contributed by atoms with E-state index in [0.717, 1.165) is 12.5 Å². The summed E-state index contributed by atoms with van der Waals surface area (Å²) >= 11 is 0. The van der Waals surface area contributed by atoms with Crippen molar-refractivity contribution < 1.29 is 0 Å². The normalized spacial score (nSPS) is 23.0. The largest absolute Gasteiger partial charge is 0.309 e. The van der Waals surface area contributed by atoms with Gasteiger partial charge in [0.1, 0.15) is 0 Å². The third-order valence-corrected chi connectivity index (χ3v) is 5.02. The first-order valence-electron chi connectivity index (χ1n) is 8.30. The lowest BCUT2D eigenvalue weighted by Crippen LogP contribution is -2.19. The van der Waals surface area contributed by atoms with Gasteiger partial charge in [0.25, 0.3) is 0 Å². The second-order valence-electron chi connectivity index (χ2n) is 6.36. The standard InChI is InChI=1S/C18H23N3/c1-2-9-15(10-3-1)21-18(17-11-6-12-19-17)16(13-20-21)14-7-4-5-8-14/h1-3,9-10,13-14,17,19H,4-8,11-12H2. The second kappa shape index (κ2) is 5.64. The van der Waals surface area contributed by atoms with Crippen LogP contribution in [0.4, 0.5) is 0 Å². The fourth-order valence-electron chi connectivity index (χ4n) is 3.96. The summed E-state index contributed by atoms with van der Waals surface area (Å²) in [5, 5.41) is 8.42. The van der Waals surface area contributed by atoms with Crippen molar-refractivity contribution >= 4 is 0 Å². The Kier molecular flexibility index (Phi) is 3.52. The van der Waals surface area contributed by atoms with E-state index in [1.165, 1.54) is 55.5 Å². The lowest BCUT2D eigenvalue weighted by molar-refractivity contribution is 0.581. The van der Waals surface area contributed by atoms with E-state index in [-0.39, 0.29) is 0 Å². The van der Waals surface area contributed by atoms with E-state index in [9.17, 15) is 0 Å². The van der Waals surface area contributed by atoms with Crippen molar-refractivity contribution in [3.8, 4) is 5.69 Å². The topological polar surface area (TPSA) is 29.9 Å². The number of benzene rings is 1. The zero-order valence-corrected chi connectivity index (χ0v) is 12.5. The van der Waals surface area contributed by atoms with Crippen LogP contribution in [-0.4, -0.2) is 16.3 Å². The third-order valence-electron chi connectivity index (χ3n) is 5.02. The Labute approximate surface area is 126 Å². The van der Waals surface area contributed by atoms with Crippen LogP contribution in [0.2, 0.25) is 0 Å². The summed E-state index contributed by atoms with van der Waals surface area (Å²) in [6.07, 6.45) is 10.1. The van der Waals surface area contributed by atoms with Crippen LogP contribution in [0.15, 0.2) is 36.5 Å². The van der Waals surface area contributed by atoms with Gasteiger partial charge in [0.2, 0.25) is 0 Å². The van der Waals surface area contributed by atoms with Gasteiger partial charge in [0.05, 0.1) is 17.6 Å². The van der Waals surface area contributed by atoms with Crippen LogP contribution in [0.3, 0.4) is 0 Å². The van der Waals surface area contributed by atoms with E-state index in [2.05, 4.69) is 46.5 Å². The number of aromatic nitrogens is 2. The molecule has 2 aromatic rings. The highest BCUT2D eigenvalue weighted by molar-refractivity contribution is 5.38. The molecule has 1 atom stereocenters. The molecule has 1 aliphatic carbocycles. The molecule has 2 heterocycles. The molecule has 2 fully saturated rings. The van der Waals surface area contributed by atoms with E-state index in [0.29, 0.717) is 6.04 Å². The molecule has 1 saturated heterocycles. The molecule has 1 aliphatic heterocycles. The minimum absolute atomic E-state index is 0.475. The summed E-state index contributed by atoms with van der Waals surface area (Å²) in [5.74, 6) is 0.722. The quantitative estimate of drug-likeness (QED) is 0.923. The predicted octanol–water partition coefficient (Wildman–Crippen LogP) is 3.95. The van der Waals surface area contributed by atoms with Crippen molar-refractivity contribution in [2.24, 2.45) is 0 Å². The number of hydrogen-bond donors (Lipinski definition) is 1. The van der Waals surface area contributed by atoms with Gasteiger partial charge < -0.3 is 5.32 Å². The molecule has 1 aromatic heterocycles. The fourth-order valence-corrected chi connectivity index (χ4v) is 3.96. The summed E-state index contributed by atoms with van der Waals surface area (Å²) in [7, 11) is 0. The molecule has 3 nitrogen and oxygen atoms in total. The molecule has 4 rings (SSSR count). The van der Waals surface area contributed by atoms with Crippen molar-refractivity contribution in [2.45, 2.75) is 50.5 Å². The average Bonchev–Trinajstić information content (AvgIpc) is 3.27. The van der Waals surface area contributed by atoms with E-state index in [1.54, 1.807) is 0 Å². The molecule has 0 radical (unpaired) electrons. The maximum absolute atomic E-state index is 4.75. The number of nitrogens with zero attached hydrogens (tertiary/aromatic N) is 2. The van der Waals surface area contributed by atoms with Crippen LogP contribution in [0.1, 0.15) is 61.7 Å². The molecule has 110 valence electrons. The van der Waals surface area contributed by atoms with Gasteiger partial charge in [-0.3, -0.25) is 0 Å². The van der Waals surface area contributed by atoms with Crippen molar-refractivity contribution in [1.82, 2.24) is 15.1 Å². The van der Waals surface area contributed by atoms with Crippen LogP contribution in [0.25, 0.3) is 5.69 Å². The van der Waals surface area contributed by atoms with Crippen LogP contribution in [-0.2, 0) is 0 Å². The summed E-state index contributed by atoms with van der Waals surface area (Å²) in [6.45, 7) is 1.13. The maximum Gasteiger partial charge on any atom is 0.0649 e. The third kappa shape index (κ3) is 2.40. The fraction of sp³-hybridized carbons (Fsp3) is 0.500. The minimum Gasteiger partial charge on any atom is -0.309 e. The first kappa shape index (κ1) is 13.1. The van der Waals surface area contributed by atoms with Gasteiger partial charge in [-0.25, -0.2) is 4.68 Å². The number of hydrogen-bond acceptors (Lipinski definition) is 2. The average molecular weight is 281 g/mol. The van der Waals surface area contributed by atoms with Crippen molar-refractivity contribution in [1.29, 1.82) is 0 Å². The van der Waals surface area contributed by atoms with Gasteiger partial charge in [-0.1, -0.05) is 31.0 Å². The number of rotatable bonds is 3. The highest BCUT2D eigenvalue weighted by Gasteiger charge is 2.29. The minimum atomic E-state index is 0.475. The van der Waals surface area contributed by atoms with Crippen LogP contribution in [0.5, 0.6) is 0 Å². The Bertz CT molecular complexity index is 590. The zero-order chi connectivity index (χ0) is 14.1. The summed E-state index contributed by atoms with van der Waals surface area (Å²) in [5.41, 5.74) is 4.10. The molecule has 3 heteroatoms. The Morgan fingerprint density at radius 2 is 1.81 bits per heavy atom. The molecule has 0 amide bonds. The highest BCUT2D eigenvalue weighted by Crippen LogP contribution is 2.39. The molecule has 1 saturated carbocycles. The van der Waals surface area contributed by atoms with E-state index in [4.69, 9.17) is 5.10 Å². The zero-order valence-electron chi connectivity index (χ0n) is 12.5. The first-order chi connectivity index (χ1) is 10.4. The van der Waals surface area contributed by atoms with Gasteiger partial charge in [0.15, 0.2) is 0 Å². The summed E-state index contributed by atoms with van der Waals surface area (Å²) in [6, 6.07) is 11.0. The molecule has 1 N–H and O–H groups in total. The molecule has 0 bridgehead atoms. The molecule has 1 aromatic carbocycles. The van der Waals surface area contributed by atoms with Gasteiger partial charge in [0, 0.05) is 6.04 Å². The van der Waals surface area contributed by atoms with Gasteiger partial charge in [-0.05, 0) is 55.8 Å². The molecule has 2 aliphatic rings. The monoisotopic (exact) mass is 281 g/mol. The second-order valence-corrected chi connectivity index (χ2v) is 6.36. The number of nitrogens with one attached hydrogen (secondary N) is 1. The Balaban J connectivity index is 1.79. The first-order valence-corrected chi connectivity index (χ1v) is 8.30. The molecule has 1 unspecified atom stereocenters. The van der Waals surface area contributed by atoms with Gasteiger partial charge >= 0.3 is 0 Å². The molecule has 21 heavy (non-hydrogen) atoms. The Hall–Kier alpha value is -1.61. The van der Waals surface area contributed by atoms with Crippen LogP contribution >= 0.6 is 0 Å². The van der Waals surface area contributed by atoms with Crippen molar-refractivity contribution in [2.75, 3.05) is 6.54 Å². The SMILES string of the molecule is c1ccc(-n2ncc(C3CCCC3)c2C2CCCN2)cc1. The van der Waals surface area contributed by atoms with E-state index in [1.807, 2.05) is 0 Å². The van der Waals surface area contributed by atoms with Crippen molar-refractivity contribution in [3.63, 3.8) is 0 Å². The summed E-state index contributed by atoms with van der Waals surface area (Å²) < 4.78 is 2.18. The summed E-state index contributed by atoms with van der Waals surface area (Å²) in [4.78, 5) is 0. The van der Waals surface area contributed by atoms with E-state index >= 15 is 0 Å².